The number of carbonyl (C=O) groups is 1. The molecule has 0 saturated carbocycles. The number of likely N-dealkylation sites (tertiary alicyclic amines) is 1. The van der Waals surface area contributed by atoms with E-state index in [9.17, 15) is 4.79 Å². The molecule has 2 aromatic rings. The Morgan fingerprint density at radius 3 is 3.04 bits per heavy atom. The molecule has 1 N–H and O–H groups in total. The number of carbonyl (C=O) groups excluding carboxylic acids is 1. The zero-order valence-electron chi connectivity index (χ0n) is 15.7. The Labute approximate surface area is 159 Å². The van der Waals surface area contributed by atoms with Crippen molar-refractivity contribution in [2.75, 3.05) is 13.7 Å². The lowest BCUT2D eigenvalue weighted by atomic mass is 10.1. The van der Waals surface area contributed by atoms with E-state index in [0.29, 0.717) is 6.42 Å². The number of aryl methyl sites for hydroxylation is 1. The van der Waals surface area contributed by atoms with Gasteiger partial charge in [0.25, 0.3) is 0 Å². The van der Waals surface area contributed by atoms with E-state index >= 15 is 0 Å². The fraction of sp³-hybridized carbons (Fsp3) is 0.500. The number of benzene rings is 1. The molecule has 5 nitrogen and oxygen atoms in total. The molecule has 140 valence electrons. The van der Waals surface area contributed by atoms with Crippen molar-refractivity contribution in [2.45, 2.75) is 51.7 Å². The first-order valence-electron chi connectivity index (χ1n) is 9.15. The van der Waals surface area contributed by atoms with Gasteiger partial charge in [0.15, 0.2) is 0 Å². The van der Waals surface area contributed by atoms with E-state index in [1.54, 1.807) is 18.4 Å². The van der Waals surface area contributed by atoms with Gasteiger partial charge in [-0.3, -0.25) is 4.79 Å². The fourth-order valence-corrected chi connectivity index (χ4v) is 4.27. The molecular formula is C20H27N3O2S. The first-order valence-corrected chi connectivity index (χ1v) is 10.0. The van der Waals surface area contributed by atoms with Gasteiger partial charge in [0.1, 0.15) is 5.75 Å². The second kappa shape index (κ2) is 8.64. The number of aromatic nitrogens is 1. The van der Waals surface area contributed by atoms with Crippen LogP contribution in [0.3, 0.4) is 0 Å². The van der Waals surface area contributed by atoms with Crippen molar-refractivity contribution in [1.29, 1.82) is 0 Å². The third kappa shape index (κ3) is 4.43. The molecule has 6 heteroatoms. The quantitative estimate of drug-likeness (QED) is 0.717. The number of amides is 1. The van der Waals surface area contributed by atoms with E-state index < -0.39 is 0 Å². The Kier molecular flexibility index (Phi) is 6.27. The van der Waals surface area contributed by atoms with Crippen molar-refractivity contribution in [1.82, 2.24) is 15.2 Å². The average molecular weight is 374 g/mol. The lowest BCUT2D eigenvalue weighted by Gasteiger charge is -2.30. The molecule has 0 radical (unpaired) electrons. The minimum atomic E-state index is 0.0540. The number of nitrogens with one attached hydrogen (secondary N) is 1. The molecule has 1 saturated heterocycles. The summed E-state index contributed by atoms with van der Waals surface area (Å²) in [6.07, 6.45) is 2.55. The highest BCUT2D eigenvalue weighted by molar-refractivity contribution is 7.09. The van der Waals surface area contributed by atoms with Gasteiger partial charge in [0.2, 0.25) is 5.91 Å². The maximum absolute atomic E-state index is 12.4. The second-order valence-electron chi connectivity index (χ2n) is 6.78. The highest BCUT2D eigenvalue weighted by Gasteiger charge is 2.35. The zero-order chi connectivity index (χ0) is 18.5. The largest absolute Gasteiger partial charge is 0.497 e. The molecule has 1 fully saturated rings. The predicted octanol–water partition coefficient (Wildman–Crippen LogP) is 3.69. The van der Waals surface area contributed by atoms with Gasteiger partial charge in [0.05, 0.1) is 23.9 Å². The molecule has 0 unspecified atom stereocenters. The van der Waals surface area contributed by atoms with Gasteiger partial charge in [-0.2, -0.15) is 0 Å². The van der Waals surface area contributed by atoms with Crippen molar-refractivity contribution in [3.8, 4) is 5.75 Å². The highest BCUT2D eigenvalue weighted by Crippen LogP contribution is 2.32. The van der Waals surface area contributed by atoms with E-state index in [0.717, 1.165) is 42.4 Å². The molecule has 0 bridgehead atoms. The van der Waals surface area contributed by atoms with Gasteiger partial charge in [-0.15, -0.1) is 11.3 Å². The first kappa shape index (κ1) is 18.9. The van der Waals surface area contributed by atoms with Crippen LogP contribution in [0.4, 0.5) is 0 Å². The Morgan fingerprint density at radius 1 is 1.46 bits per heavy atom. The highest BCUT2D eigenvalue weighted by atomic mass is 32.1. The predicted molar refractivity (Wildman–Crippen MR) is 104 cm³/mol. The average Bonchev–Trinajstić information content (AvgIpc) is 3.24. The van der Waals surface area contributed by atoms with Crippen LogP contribution >= 0.6 is 11.3 Å². The molecule has 0 spiro atoms. The zero-order valence-corrected chi connectivity index (χ0v) is 16.5. The van der Waals surface area contributed by atoms with Crippen molar-refractivity contribution in [3.63, 3.8) is 0 Å². The number of hydrogen-bond acceptors (Lipinski definition) is 5. The van der Waals surface area contributed by atoms with Crippen LogP contribution in [-0.2, 0) is 11.3 Å². The summed E-state index contributed by atoms with van der Waals surface area (Å²) >= 11 is 1.64. The molecule has 2 heterocycles. The van der Waals surface area contributed by atoms with Crippen LogP contribution in [0.1, 0.15) is 48.5 Å². The van der Waals surface area contributed by atoms with Gasteiger partial charge in [-0.25, -0.2) is 4.98 Å². The monoisotopic (exact) mass is 373 g/mol. The maximum Gasteiger partial charge on any atom is 0.223 e. The van der Waals surface area contributed by atoms with Crippen molar-refractivity contribution >= 4 is 17.2 Å². The van der Waals surface area contributed by atoms with Gasteiger partial charge >= 0.3 is 0 Å². The molecule has 26 heavy (non-hydrogen) atoms. The number of ether oxygens (including phenoxy) is 1. The van der Waals surface area contributed by atoms with Crippen LogP contribution in [0.15, 0.2) is 29.6 Å². The Morgan fingerprint density at radius 2 is 2.31 bits per heavy atom. The van der Waals surface area contributed by atoms with Crippen LogP contribution in [0, 0.1) is 6.92 Å². The van der Waals surface area contributed by atoms with Crippen LogP contribution < -0.4 is 10.1 Å². The Bertz CT molecular complexity index is 746. The lowest BCUT2D eigenvalue weighted by Crippen LogP contribution is -2.37. The van der Waals surface area contributed by atoms with E-state index in [1.165, 1.54) is 5.56 Å². The van der Waals surface area contributed by atoms with Crippen LogP contribution in [0.2, 0.25) is 0 Å². The standard InChI is InChI=1S/C20H27N3O2S/c1-14(19-13-26-15(2)22-19)23-17(7-8-20(23)24)9-10-21-12-16-5-4-6-18(11-16)25-3/h4-6,11,13-14,17,21H,7-10,12H2,1-3H3/t14-,17-/m1/s1. The first-order chi connectivity index (χ1) is 12.6. The van der Waals surface area contributed by atoms with E-state index in [2.05, 4.69) is 28.7 Å². The summed E-state index contributed by atoms with van der Waals surface area (Å²) < 4.78 is 5.26. The maximum atomic E-state index is 12.4. The molecule has 1 aromatic heterocycles. The van der Waals surface area contributed by atoms with Gasteiger partial charge in [0, 0.05) is 24.4 Å². The minimum Gasteiger partial charge on any atom is -0.497 e. The smallest absolute Gasteiger partial charge is 0.223 e. The van der Waals surface area contributed by atoms with Crippen molar-refractivity contribution in [2.24, 2.45) is 0 Å². The topological polar surface area (TPSA) is 54.5 Å². The van der Waals surface area contributed by atoms with E-state index in [4.69, 9.17) is 4.74 Å². The van der Waals surface area contributed by atoms with Crippen LogP contribution in [-0.4, -0.2) is 35.5 Å². The number of hydrogen-bond donors (Lipinski definition) is 1. The second-order valence-corrected chi connectivity index (χ2v) is 7.84. The number of nitrogens with zero attached hydrogens (tertiary/aromatic N) is 2. The third-order valence-corrected chi connectivity index (χ3v) is 5.76. The molecule has 1 aliphatic rings. The Hall–Kier alpha value is -1.92. The van der Waals surface area contributed by atoms with Gasteiger partial charge in [-0.05, 0) is 50.9 Å². The molecule has 1 aromatic carbocycles. The summed E-state index contributed by atoms with van der Waals surface area (Å²) in [5.41, 5.74) is 2.21. The Balaban J connectivity index is 1.52. The van der Waals surface area contributed by atoms with Gasteiger partial charge in [-0.1, -0.05) is 12.1 Å². The van der Waals surface area contributed by atoms with Crippen molar-refractivity contribution < 1.29 is 9.53 Å². The molecular weight excluding hydrogens is 346 g/mol. The van der Waals surface area contributed by atoms with E-state index in [-0.39, 0.29) is 18.0 Å². The minimum absolute atomic E-state index is 0.0540. The van der Waals surface area contributed by atoms with Crippen LogP contribution in [0.5, 0.6) is 5.75 Å². The molecule has 3 rings (SSSR count). The number of thiazole rings is 1. The summed E-state index contributed by atoms with van der Waals surface area (Å²) in [5.74, 6) is 1.13. The summed E-state index contributed by atoms with van der Waals surface area (Å²) in [5, 5.41) is 6.62. The van der Waals surface area contributed by atoms with E-state index in [1.807, 2.05) is 30.0 Å². The molecule has 2 atom stereocenters. The summed E-state index contributed by atoms with van der Waals surface area (Å²) in [7, 11) is 1.68. The summed E-state index contributed by atoms with van der Waals surface area (Å²) in [6.45, 7) is 5.79. The fourth-order valence-electron chi connectivity index (χ4n) is 3.58. The summed E-state index contributed by atoms with van der Waals surface area (Å²) in [6, 6.07) is 8.44. The van der Waals surface area contributed by atoms with Gasteiger partial charge < -0.3 is 15.0 Å². The number of methoxy groups -OCH3 is 1. The van der Waals surface area contributed by atoms with Crippen LogP contribution in [0.25, 0.3) is 0 Å². The normalized spacial score (nSPS) is 18.3. The summed E-state index contributed by atoms with van der Waals surface area (Å²) in [4.78, 5) is 19.0. The lowest BCUT2D eigenvalue weighted by molar-refractivity contribution is -0.131. The molecule has 1 amide bonds. The SMILES string of the molecule is COc1cccc(CNCC[C@H]2CCC(=O)N2[C@H](C)c2csc(C)n2)c1. The third-order valence-electron chi connectivity index (χ3n) is 4.97. The molecule has 1 aliphatic heterocycles. The molecule has 0 aliphatic carbocycles. The number of rotatable bonds is 8. The van der Waals surface area contributed by atoms with Crippen molar-refractivity contribution in [3.05, 3.63) is 45.9 Å².